The third kappa shape index (κ3) is 4.33. The third-order valence-corrected chi connectivity index (χ3v) is 6.82. The molecule has 0 radical (unpaired) electrons. The molecule has 3 aromatic heterocycles. The number of hydrogen-bond donors (Lipinski definition) is 1. The maximum Gasteiger partial charge on any atom is 0.241 e. The van der Waals surface area contributed by atoms with E-state index in [0.29, 0.717) is 25.0 Å². The van der Waals surface area contributed by atoms with Gasteiger partial charge in [-0.15, -0.1) is 5.10 Å². The standard InChI is InChI=1S/C25H31FN8O/c1-15(2)33-13-16(3)28-20-7-6-19(29-23(20)33)18-8-11-34-21(18)12-27-24(31-34)30-22-9-10-32(17(4)35)14-25(22,5)26/h6-8,11-12,15,22H,9-10,13-14H2,1-5H3,(H,30,31)/t22-,25+/m1/s1. The van der Waals surface area contributed by atoms with Crippen LogP contribution < -0.4 is 10.2 Å². The zero-order valence-corrected chi connectivity index (χ0v) is 20.8. The molecule has 3 aromatic rings. The summed E-state index contributed by atoms with van der Waals surface area (Å²) in [4.78, 5) is 29.6. The van der Waals surface area contributed by atoms with Crippen LogP contribution in [0.25, 0.3) is 16.8 Å². The third-order valence-electron chi connectivity index (χ3n) is 6.82. The predicted molar refractivity (Wildman–Crippen MR) is 135 cm³/mol. The molecule has 5 heterocycles. The number of aromatic nitrogens is 4. The Kier molecular flexibility index (Phi) is 5.69. The number of carbonyl (C=O) groups is 1. The van der Waals surface area contributed by atoms with E-state index in [9.17, 15) is 4.79 Å². The fourth-order valence-corrected chi connectivity index (χ4v) is 4.86. The number of aliphatic imine (C=N–C) groups is 1. The van der Waals surface area contributed by atoms with E-state index in [4.69, 9.17) is 4.98 Å². The van der Waals surface area contributed by atoms with Gasteiger partial charge in [0.1, 0.15) is 11.4 Å². The molecule has 35 heavy (non-hydrogen) atoms. The number of fused-ring (bicyclic) bond motifs is 2. The van der Waals surface area contributed by atoms with Gasteiger partial charge in [-0.3, -0.25) is 9.79 Å². The number of carbonyl (C=O) groups excluding carboxylic acids is 1. The maximum atomic E-state index is 15.3. The first-order valence-corrected chi connectivity index (χ1v) is 12.0. The van der Waals surface area contributed by atoms with E-state index < -0.39 is 11.7 Å². The van der Waals surface area contributed by atoms with Crippen molar-refractivity contribution in [2.24, 2.45) is 4.99 Å². The molecule has 1 saturated heterocycles. The summed E-state index contributed by atoms with van der Waals surface area (Å²) < 4.78 is 17.0. The molecule has 0 unspecified atom stereocenters. The van der Waals surface area contributed by atoms with E-state index in [2.05, 4.69) is 39.1 Å². The van der Waals surface area contributed by atoms with Crippen LogP contribution in [-0.4, -0.2) is 73.5 Å². The second-order valence-corrected chi connectivity index (χ2v) is 9.95. The van der Waals surface area contributed by atoms with Crippen molar-refractivity contribution in [1.29, 1.82) is 0 Å². The van der Waals surface area contributed by atoms with E-state index in [1.165, 1.54) is 13.8 Å². The van der Waals surface area contributed by atoms with Crippen molar-refractivity contribution in [3.8, 4) is 11.3 Å². The monoisotopic (exact) mass is 478 g/mol. The number of pyridine rings is 1. The lowest BCUT2D eigenvalue weighted by molar-refractivity contribution is -0.132. The maximum absolute atomic E-state index is 15.3. The summed E-state index contributed by atoms with van der Waals surface area (Å²) in [5.41, 5.74) is 2.91. The van der Waals surface area contributed by atoms with Crippen molar-refractivity contribution in [3.05, 3.63) is 30.6 Å². The molecule has 9 nitrogen and oxygen atoms in total. The van der Waals surface area contributed by atoms with Crippen LogP contribution in [0.1, 0.15) is 41.0 Å². The summed E-state index contributed by atoms with van der Waals surface area (Å²) in [5, 5.41) is 7.70. The molecular formula is C25H31FN8O. The van der Waals surface area contributed by atoms with Crippen LogP contribution in [0.5, 0.6) is 0 Å². The quantitative estimate of drug-likeness (QED) is 0.612. The van der Waals surface area contributed by atoms with E-state index in [-0.39, 0.29) is 12.5 Å². The molecule has 10 heteroatoms. The smallest absolute Gasteiger partial charge is 0.241 e. The largest absolute Gasteiger partial charge is 0.347 e. The minimum absolute atomic E-state index is 0.0525. The first kappa shape index (κ1) is 23.2. The molecule has 5 rings (SSSR count). The Labute approximate surface area is 204 Å². The van der Waals surface area contributed by atoms with Crippen LogP contribution in [0.2, 0.25) is 0 Å². The fourth-order valence-electron chi connectivity index (χ4n) is 4.86. The van der Waals surface area contributed by atoms with Crippen LogP contribution in [0.4, 0.5) is 21.8 Å². The Morgan fingerprint density at radius 3 is 2.80 bits per heavy atom. The average Bonchev–Trinajstić information content (AvgIpc) is 3.22. The van der Waals surface area contributed by atoms with Gasteiger partial charge in [0, 0.05) is 37.0 Å². The van der Waals surface area contributed by atoms with Crippen LogP contribution in [-0.2, 0) is 4.79 Å². The van der Waals surface area contributed by atoms with Gasteiger partial charge in [0.25, 0.3) is 0 Å². The van der Waals surface area contributed by atoms with Gasteiger partial charge in [0.15, 0.2) is 5.82 Å². The summed E-state index contributed by atoms with van der Waals surface area (Å²) in [6.07, 6.45) is 4.07. The highest BCUT2D eigenvalue weighted by Gasteiger charge is 2.41. The van der Waals surface area contributed by atoms with Crippen LogP contribution in [0.3, 0.4) is 0 Å². The van der Waals surface area contributed by atoms with E-state index in [1.807, 2.05) is 31.3 Å². The van der Waals surface area contributed by atoms with E-state index >= 15 is 4.39 Å². The van der Waals surface area contributed by atoms with Gasteiger partial charge >= 0.3 is 0 Å². The highest BCUT2D eigenvalue weighted by molar-refractivity contribution is 5.94. The van der Waals surface area contributed by atoms with Crippen molar-refractivity contribution >= 4 is 34.6 Å². The number of alkyl halides is 1. The molecule has 1 fully saturated rings. The van der Waals surface area contributed by atoms with Crippen molar-refractivity contribution in [2.45, 2.75) is 58.8 Å². The Balaban J connectivity index is 1.41. The Morgan fingerprint density at radius 1 is 1.29 bits per heavy atom. The zero-order chi connectivity index (χ0) is 24.9. The lowest BCUT2D eigenvalue weighted by Crippen LogP contribution is -2.56. The molecule has 0 aliphatic carbocycles. The first-order valence-electron chi connectivity index (χ1n) is 12.0. The van der Waals surface area contributed by atoms with Gasteiger partial charge in [-0.1, -0.05) is 0 Å². The van der Waals surface area contributed by atoms with Gasteiger partial charge in [0.2, 0.25) is 11.9 Å². The number of anilines is 2. The number of piperidine rings is 1. The molecule has 0 aromatic carbocycles. The summed E-state index contributed by atoms with van der Waals surface area (Å²) in [6, 6.07) is 5.75. The summed E-state index contributed by atoms with van der Waals surface area (Å²) >= 11 is 0. The zero-order valence-electron chi connectivity index (χ0n) is 20.8. The second-order valence-electron chi connectivity index (χ2n) is 9.95. The normalized spacial score (nSPS) is 22.4. The van der Waals surface area contributed by atoms with Crippen molar-refractivity contribution in [3.63, 3.8) is 0 Å². The molecule has 0 spiro atoms. The Hall–Kier alpha value is -3.56. The highest BCUT2D eigenvalue weighted by Crippen LogP contribution is 2.35. The molecule has 0 bridgehead atoms. The number of hydrogen-bond acceptors (Lipinski definition) is 7. The number of nitrogens with one attached hydrogen (secondary N) is 1. The summed E-state index contributed by atoms with van der Waals surface area (Å²) in [7, 11) is 0. The molecular weight excluding hydrogens is 447 g/mol. The molecule has 1 amide bonds. The highest BCUT2D eigenvalue weighted by atomic mass is 19.1. The lowest BCUT2D eigenvalue weighted by Gasteiger charge is -2.41. The molecule has 2 aliphatic rings. The summed E-state index contributed by atoms with van der Waals surface area (Å²) in [6.45, 7) is 10.6. The Morgan fingerprint density at radius 2 is 2.09 bits per heavy atom. The van der Waals surface area contributed by atoms with Crippen molar-refractivity contribution < 1.29 is 9.18 Å². The first-order chi connectivity index (χ1) is 16.6. The van der Waals surface area contributed by atoms with Crippen molar-refractivity contribution in [2.75, 3.05) is 29.9 Å². The number of rotatable bonds is 4. The predicted octanol–water partition coefficient (Wildman–Crippen LogP) is 3.87. The molecule has 2 aliphatic heterocycles. The van der Waals surface area contributed by atoms with Crippen LogP contribution in [0.15, 0.2) is 35.6 Å². The van der Waals surface area contributed by atoms with Gasteiger partial charge in [-0.2, -0.15) is 0 Å². The fraction of sp³-hybridized carbons (Fsp3) is 0.480. The van der Waals surface area contributed by atoms with E-state index in [1.54, 1.807) is 15.6 Å². The molecule has 2 atom stereocenters. The molecule has 0 saturated carbocycles. The van der Waals surface area contributed by atoms with Gasteiger partial charge in [0.05, 0.1) is 36.5 Å². The Bertz CT molecular complexity index is 1310. The molecule has 184 valence electrons. The van der Waals surface area contributed by atoms with Gasteiger partial charge in [-0.05, 0) is 52.3 Å². The van der Waals surface area contributed by atoms with E-state index in [0.717, 1.165) is 40.5 Å². The van der Waals surface area contributed by atoms with Crippen molar-refractivity contribution in [1.82, 2.24) is 24.5 Å². The van der Waals surface area contributed by atoms with Gasteiger partial charge < -0.3 is 15.1 Å². The minimum Gasteiger partial charge on any atom is -0.347 e. The lowest BCUT2D eigenvalue weighted by atomic mass is 9.91. The number of amides is 1. The molecule has 1 N–H and O–H groups in total. The number of nitrogens with zero attached hydrogens (tertiary/aromatic N) is 7. The average molecular weight is 479 g/mol. The van der Waals surface area contributed by atoms with Crippen LogP contribution >= 0.6 is 0 Å². The second kappa shape index (κ2) is 8.58. The SMILES string of the molecule is CC(=O)N1CC[C@@H](Nc2ncc3c(-c4ccc5c(n4)N(C(C)C)CC(C)=N5)ccn3n2)[C@@](C)(F)C1. The van der Waals surface area contributed by atoms with Gasteiger partial charge in [-0.25, -0.2) is 18.9 Å². The number of halogens is 1. The summed E-state index contributed by atoms with van der Waals surface area (Å²) in [5.74, 6) is 1.11. The minimum atomic E-state index is -1.58. The topological polar surface area (TPSA) is 91.0 Å². The van der Waals surface area contributed by atoms with Crippen LogP contribution in [0, 0.1) is 0 Å². The number of likely N-dealkylation sites (tertiary alicyclic amines) is 1.